The number of carbonyl (C=O) groups excluding carboxylic acids is 1. The number of rotatable bonds is 5. The molecule has 2 aromatic rings. The van der Waals surface area contributed by atoms with Gasteiger partial charge in [0.05, 0.1) is 29.3 Å². The molecule has 0 aliphatic heterocycles. The van der Waals surface area contributed by atoms with Crippen LogP contribution in [-0.4, -0.2) is 21.6 Å². The molecule has 2 rings (SSSR count). The first-order valence-corrected chi connectivity index (χ1v) is 8.10. The molecule has 0 aliphatic carbocycles. The molecule has 1 atom stereocenters. The number of halogens is 2. The van der Waals surface area contributed by atoms with E-state index in [9.17, 15) is 4.79 Å². The van der Waals surface area contributed by atoms with Gasteiger partial charge in [0, 0.05) is 17.8 Å². The lowest BCUT2D eigenvalue weighted by atomic mass is 9.89. The highest BCUT2D eigenvalue weighted by atomic mass is 35.5. The van der Waals surface area contributed by atoms with Crippen molar-refractivity contribution in [2.45, 2.75) is 39.8 Å². The minimum absolute atomic E-state index is 0.160. The number of ether oxygens (including phenoxy) is 1. The van der Waals surface area contributed by atoms with E-state index in [1.54, 1.807) is 30.7 Å². The molecule has 0 spiro atoms. The Balaban J connectivity index is 2.03. The fourth-order valence-corrected chi connectivity index (χ4v) is 2.41. The van der Waals surface area contributed by atoms with E-state index in [2.05, 4.69) is 4.98 Å². The normalized spacial score (nSPS) is 12.9. The van der Waals surface area contributed by atoms with E-state index in [4.69, 9.17) is 27.9 Å². The lowest BCUT2D eigenvalue weighted by Crippen LogP contribution is -2.35. The topological polar surface area (TPSA) is 44.1 Å². The maximum atomic E-state index is 12.3. The van der Waals surface area contributed by atoms with Crippen molar-refractivity contribution < 1.29 is 9.53 Å². The Hall–Kier alpha value is -1.52. The molecule has 0 bridgehead atoms. The molecule has 0 N–H and O–H groups in total. The number of imidazole rings is 1. The van der Waals surface area contributed by atoms with Crippen molar-refractivity contribution in [2.75, 3.05) is 0 Å². The van der Waals surface area contributed by atoms with Crippen LogP contribution in [0, 0.1) is 5.41 Å². The molecular formula is C17H20Cl2N2O2. The van der Waals surface area contributed by atoms with Crippen molar-refractivity contribution in [1.29, 1.82) is 0 Å². The Morgan fingerprint density at radius 3 is 2.61 bits per heavy atom. The number of hydrogen-bond acceptors (Lipinski definition) is 3. The third-order valence-electron chi connectivity index (χ3n) is 3.51. The molecule has 6 heteroatoms. The first-order valence-electron chi connectivity index (χ1n) is 7.35. The number of esters is 1. The van der Waals surface area contributed by atoms with Gasteiger partial charge in [0.25, 0.3) is 0 Å². The SMILES string of the molecule is CC(C)(C)C(Cn1ccnc1)OC(=O)Cc1ccc(Cl)c(Cl)c1. The quantitative estimate of drug-likeness (QED) is 0.747. The Morgan fingerprint density at radius 1 is 1.30 bits per heavy atom. The van der Waals surface area contributed by atoms with E-state index in [0.29, 0.717) is 16.6 Å². The van der Waals surface area contributed by atoms with E-state index >= 15 is 0 Å². The Bertz CT molecular complexity index is 664. The predicted octanol–water partition coefficient (Wildman–Crippen LogP) is 4.39. The van der Waals surface area contributed by atoms with Crippen LogP contribution in [0.15, 0.2) is 36.9 Å². The maximum absolute atomic E-state index is 12.3. The van der Waals surface area contributed by atoms with Gasteiger partial charge in [-0.2, -0.15) is 0 Å². The molecule has 4 nitrogen and oxygen atoms in total. The summed E-state index contributed by atoms with van der Waals surface area (Å²) < 4.78 is 7.60. The van der Waals surface area contributed by atoms with Gasteiger partial charge in [-0.25, -0.2) is 4.98 Å². The molecule has 1 aromatic carbocycles. The van der Waals surface area contributed by atoms with Gasteiger partial charge in [-0.15, -0.1) is 0 Å². The average Bonchev–Trinajstić information content (AvgIpc) is 2.94. The number of benzene rings is 1. The highest BCUT2D eigenvalue weighted by Crippen LogP contribution is 2.26. The van der Waals surface area contributed by atoms with Crippen molar-refractivity contribution in [3.8, 4) is 0 Å². The molecule has 0 saturated heterocycles. The van der Waals surface area contributed by atoms with Gasteiger partial charge >= 0.3 is 5.97 Å². The fraction of sp³-hybridized carbons (Fsp3) is 0.412. The molecule has 23 heavy (non-hydrogen) atoms. The van der Waals surface area contributed by atoms with E-state index in [1.165, 1.54) is 0 Å². The van der Waals surface area contributed by atoms with Gasteiger partial charge < -0.3 is 9.30 Å². The molecule has 0 saturated carbocycles. The van der Waals surface area contributed by atoms with E-state index in [1.807, 2.05) is 31.5 Å². The second-order valence-corrected chi connectivity index (χ2v) is 7.34. The summed E-state index contributed by atoms with van der Waals surface area (Å²) in [6.45, 7) is 6.69. The molecule has 0 fully saturated rings. The van der Waals surface area contributed by atoms with Crippen molar-refractivity contribution in [3.63, 3.8) is 0 Å². The zero-order chi connectivity index (χ0) is 17.0. The second kappa shape index (κ2) is 7.37. The summed E-state index contributed by atoms with van der Waals surface area (Å²) in [5.74, 6) is -0.288. The first kappa shape index (κ1) is 17.8. The van der Waals surface area contributed by atoms with Crippen molar-refractivity contribution >= 4 is 29.2 Å². The van der Waals surface area contributed by atoms with Gasteiger partial charge in [-0.05, 0) is 17.7 Å². The summed E-state index contributed by atoms with van der Waals surface area (Å²) in [5, 5.41) is 0.902. The zero-order valence-electron chi connectivity index (χ0n) is 13.4. The minimum atomic E-state index is -0.288. The van der Waals surface area contributed by atoms with E-state index < -0.39 is 0 Å². The van der Waals surface area contributed by atoms with Crippen molar-refractivity contribution in [3.05, 3.63) is 52.5 Å². The number of nitrogens with zero attached hydrogens (tertiary/aromatic N) is 2. The molecule has 1 aromatic heterocycles. The van der Waals surface area contributed by atoms with Crippen LogP contribution in [0.3, 0.4) is 0 Å². The molecule has 1 heterocycles. The maximum Gasteiger partial charge on any atom is 0.310 e. The van der Waals surface area contributed by atoms with Gasteiger partial charge in [0.2, 0.25) is 0 Å². The summed E-state index contributed by atoms with van der Waals surface area (Å²) in [5.41, 5.74) is 0.595. The first-order chi connectivity index (χ1) is 10.8. The Kier molecular flexibility index (Phi) is 5.71. The Labute approximate surface area is 146 Å². The van der Waals surface area contributed by atoms with Gasteiger partial charge in [-0.1, -0.05) is 50.0 Å². The van der Waals surface area contributed by atoms with Crippen LogP contribution in [0.2, 0.25) is 10.0 Å². The van der Waals surface area contributed by atoms with Gasteiger partial charge in [0.1, 0.15) is 6.10 Å². The van der Waals surface area contributed by atoms with Crippen LogP contribution in [0.5, 0.6) is 0 Å². The van der Waals surface area contributed by atoms with Gasteiger partial charge in [0.15, 0.2) is 0 Å². The molecule has 0 aliphatic rings. The third-order valence-corrected chi connectivity index (χ3v) is 4.25. The summed E-state index contributed by atoms with van der Waals surface area (Å²) in [6.07, 6.45) is 5.17. The number of carbonyl (C=O) groups is 1. The van der Waals surface area contributed by atoms with Crippen molar-refractivity contribution in [2.24, 2.45) is 5.41 Å². The molecular weight excluding hydrogens is 335 g/mol. The third kappa shape index (κ3) is 5.26. The molecule has 0 radical (unpaired) electrons. The summed E-state index contributed by atoms with van der Waals surface area (Å²) in [7, 11) is 0. The van der Waals surface area contributed by atoms with E-state index in [-0.39, 0.29) is 23.9 Å². The van der Waals surface area contributed by atoms with Crippen LogP contribution in [0.1, 0.15) is 26.3 Å². The Morgan fingerprint density at radius 2 is 2.04 bits per heavy atom. The largest absolute Gasteiger partial charge is 0.460 e. The number of hydrogen-bond donors (Lipinski definition) is 0. The lowest BCUT2D eigenvalue weighted by Gasteiger charge is -2.30. The summed E-state index contributed by atoms with van der Waals surface area (Å²) >= 11 is 11.9. The zero-order valence-corrected chi connectivity index (χ0v) is 14.9. The number of aromatic nitrogens is 2. The summed E-state index contributed by atoms with van der Waals surface area (Å²) in [4.78, 5) is 16.3. The molecule has 0 amide bonds. The standard InChI is InChI=1S/C17H20Cl2N2O2/c1-17(2,3)15(10-21-7-6-20-11-21)23-16(22)9-12-4-5-13(18)14(19)8-12/h4-8,11,15H,9-10H2,1-3H3. The highest BCUT2D eigenvalue weighted by molar-refractivity contribution is 6.42. The van der Waals surface area contributed by atoms with Gasteiger partial charge in [-0.3, -0.25) is 4.79 Å². The summed E-state index contributed by atoms with van der Waals surface area (Å²) in [6, 6.07) is 5.14. The predicted molar refractivity (Wildman–Crippen MR) is 91.7 cm³/mol. The fourth-order valence-electron chi connectivity index (χ4n) is 2.09. The molecule has 1 unspecified atom stereocenters. The lowest BCUT2D eigenvalue weighted by molar-refractivity contribution is -0.154. The van der Waals surface area contributed by atoms with Crippen LogP contribution in [-0.2, 0) is 22.5 Å². The van der Waals surface area contributed by atoms with Crippen LogP contribution in [0.25, 0.3) is 0 Å². The highest BCUT2D eigenvalue weighted by Gasteiger charge is 2.28. The van der Waals surface area contributed by atoms with Crippen LogP contribution in [0.4, 0.5) is 0 Å². The second-order valence-electron chi connectivity index (χ2n) is 6.53. The monoisotopic (exact) mass is 354 g/mol. The van der Waals surface area contributed by atoms with Crippen LogP contribution < -0.4 is 0 Å². The van der Waals surface area contributed by atoms with Crippen molar-refractivity contribution in [1.82, 2.24) is 9.55 Å². The van der Waals surface area contributed by atoms with E-state index in [0.717, 1.165) is 5.56 Å². The van der Waals surface area contributed by atoms with Crippen LogP contribution >= 0.6 is 23.2 Å². The average molecular weight is 355 g/mol. The molecule has 124 valence electrons. The minimum Gasteiger partial charge on any atom is -0.460 e. The smallest absolute Gasteiger partial charge is 0.310 e.